The molecule has 112 valence electrons. The number of aromatic nitrogens is 1. The monoisotopic (exact) mass is 297 g/mol. The Balaban J connectivity index is 2.50. The Hall–Kier alpha value is -2.44. The smallest absolute Gasteiger partial charge is 0.387 e. The van der Waals surface area contributed by atoms with Crippen molar-refractivity contribution in [1.29, 1.82) is 0 Å². The number of hydrogen-bond acceptors (Lipinski definition) is 5. The highest BCUT2D eigenvalue weighted by Crippen LogP contribution is 2.33. The zero-order chi connectivity index (χ0) is 15.4. The van der Waals surface area contributed by atoms with Gasteiger partial charge in [0.25, 0.3) is 0 Å². The highest BCUT2D eigenvalue weighted by atomic mass is 19.3. The number of aryl methyl sites for hydroxylation is 1. The van der Waals surface area contributed by atoms with Gasteiger partial charge in [0.05, 0.1) is 6.61 Å². The van der Waals surface area contributed by atoms with E-state index in [-0.39, 0.29) is 34.9 Å². The number of ether oxygens (including phenoxy) is 2. The first-order chi connectivity index (χ1) is 10.0. The number of carbonyl (C=O) groups is 1. The summed E-state index contributed by atoms with van der Waals surface area (Å²) in [7, 11) is 0. The first-order valence-electron chi connectivity index (χ1n) is 6.22. The van der Waals surface area contributed by atoms with E-state index in [4.69, 9.17) is 9.26 Å². The molecule has 1 heterocycles. The Labute approximate surface area is 119 Å². The standard InChI is InChI=1S/C14H13F2NO4/c1-3-19-13(18)11-8(2)21-17-12(11)9-6-4-5-7-10(9)20-14(15)16/h4-7,14H,3H2,1-2H3. The lowest BCUT2D eigenvalue weighted by molar-refractivity contribution is -0.0494. The summed E-state index contributed by atoms with van der Waals surface area (Å²) in [6.45, 7) is 0.399. The van der Waals surface area contributed by atoms with Crippen LogP contribution in [0.2, 0.25) is 0 Å². The first-order valence-corrected chi connectivity index (χ1v) is 6.22. The molecule has 0 bridgehead atoms. The average molecular weight is 297 g/mol. The van der Waals surface area contributed by atoms with Crippen LogP contribution in [0.3, 0.4) is 0 Å². The van der Waals surface area contributed by atoms with Crippen LogP contribution in [0.25, 0.3) is 11.3 Å². The van der Waals surface area contributed by atoms with Crippen molar-refractivity contribution in [3.63, 3.8) is 0 Å². The summed E-state index contributed by atoms with van der Waals surface area (Å²) in [5.74, 6) is -0.472. The molecule has 0 radical (unpaired) electrons. The maximum atomic E-state index is 12.4. The van der Waals surface area contributed by atoms with E-state index >= 15 is 0 Å². The molecular weight excluding hydrogens is 284 g/mol. The van der Waals surface area contributed by atoms with E-state index in [2.05, 4.69) is 9.89 Å². The minimum Gasteiger partial charge on any atom is -0.462 e. The van der Waals surface area contributed by atoms with Gasteiger partial charge in [0.15, 0.2) is 0 Å². The van der Waals surface area contributed by atoms with Crippen molar-refractivity contribution in [2.45, 2.75) is 20.5 Å². The molecule has 7 heteroatoms. The zero-order valence-corrected chi connectivity index (χ0v) is 11.4. The van der Waals surface area contributed by atoms with Crippen LogP contribution in [0, 0.1) is 6.92 Å². The van der Waals surface area contributed by atoms with Gasteiger partial charge in [-0.1, -0.05) is 17.3 Å². The van der Waals surface area contributed by atoms with E-state index in [1.807, 2.05) is 0 Å². The largest absolute Gasteiger partial charge is 0.462 e. The topological polar surface area (TPSA) is 61.6 Å². The van der Waals surface area contributed by atoms with Gasteiger partial charge in [0, 0.05) is 5.56 Å². The number of para-hydroxylation sites is 1. The lowest BCUT2D eigenvalue weighted by Crippen LogP contribution is -2.08. The van der Waals surface area contributed by atoms with Gasteiger partial charge in [-0.2, -0.15) is 8.78 Å². The van der Waals surface area contributed by atoms with Crippen molar-refractivity contribution in [3.05, 3.63) is 35.6 Å². The van der Waals surface area contributed by atoms with E-state index in [9.17, 15) is 13.6 Å². The maximum Gasteiger partial charge on any atom is 0.387 e. The van der Waals surface area contributed by atoms with Crippen molar-refractivity contribution in [2.75, 3.05) is 6.61 Å². The van der Waals surface area contributed by atoms with Crippen LogP contribution in [-0.4, -0.2) is 24.3 Å². The fourth-order valence-corrected chi connectivity index (χ4v) is 1.86. The number of nitrogens with zero attached hydrogens (tertiary/aromatic N) is 1. The van der Waals surface area contributed by atoms with Gasteiger partial charge in [-0.25, -0.2) is 4.79 Å². The number of carbonyl (C=O) groups excluding carboxylic acids is 1. The van der Waals surface area contributed by atoms with Gasteiger partial charge >= 0.3 is 12.6 Å². The Morgan fingerprint density at radius 3 is 2.76 bits per heavy atom. The third-order valence-electron chi connectivity index (χ3n) is 2.70. The second-order valence-electron chi connectivity index (χ2n) is 4.06. The highest BCUT2D eigenvalue weighted by Gasteiger charge is 2.25. The molecule has 0 saturated carbocycles. The molecule has 2 aromatic rings. The van der Waals surface area contributed by atoms with E-state index in [0.717, 1.165) is 0 Å². The van der Waals surface area contributed by atoms with Crippen molar-refractivity contribution >= 4 is 5.97 Å². The van der Waals surface area contributed by atoms with Gasteiger partial charge < -0.3 is 14.0 Å². The van der Waals surface area contributed by atoms with Gasteiger partial charge in [-0.15, -0.1) is 0 Å². The van der Waals surface area contributed by atoms with Gasteiger partial charge in [0.2, 0.25) is 0 Å². The second-order valence-corrected chi connectivity index (χ2v) is 4.06. The van der Waals surface area contributed by atoms with E-state index < -0.39 is 12.6 Å². The van der Waals surface area contributed by atoms with Crippen LogP contribution < -0.4 is 4.74 Å². The van der Waals surface area contributed by atoms with Gasteiger partial charge in [-0.05, 0) is 26.0 Å². The summed E-state index contributed by atoms with van der Waals surface area (Å²) in [4.78, 5) is 11.9. The summed E-state index contributed by atoms with van der Waals surface area (Å²) >= 11 is 0. The summed E-state index contributed by atoms with van der Waals surface area (Å²) in [5, 5.41) is 3.76. The van der Waals surface area contributed by atoms with Crippen LogP contribution in [0.5, 0.6) is 5.75 Å². The lowest BCUT2D eigenvalue weighted by Gasteiger charge is -2.09. The molecule has 0 spiro atoms. The molecule has 0 atom stereocenters. The molecule has 0 aliphatic carbocycles. The molecule has 0 aliphatic heterocycles. The Morgan fingerprint density at radius 2 is 2.10 bits per heavy atom. The molecule has 0 amide bonds. The Morgan fingerprint density at radius 1 is 1.38 bits per heavy atom. The number of benzene rings is 1. The van der Waals surface area contributed by atoms with Gasteiger partial charge in [-0.3, -0.25) is 0 Å². The van der Waals surface area contributed by atoms with Crippen molar-refractivity contribution in [2.24, 2.45) is 0 Å². The van der Waals surface area contributed by atoms with Crippen LogP contribution in [0.1, 0.15) is 23.0 Å². The minimum absolute atomic E-state index is 0.0913. The average Bonchev–Trinajstić information content (AvgIpc) is 2.81. The van der Waals surface area contributed by atoms with E-state index in [1.165, 1.54) is 18.2 Å². The highest BCUT2D eigenvalue weighted by molar-refractivity contribution is 5.97. The third kappa shape index (κ3) is 3.18. The van der Waals surface area contributed by atoms with Crippen LogP contribution in [0.4, 0.5) is 8.78 Å². The molecule has 0 unspecified atom stereocenters. The minimum atomic E-state index is -2.98. The lowest BCUT2D eigenvalue weighted by atomic mass is 10.1. The predicted molar refractivity (Wildman–Crippen MR) is 69.3 cm³/mol. The molecule has 0 saturated heterocycles. The third-order valence-corrected chi connectivity index (χ3v) is 2.70. The summed E-state index contributed by atoms with van der Waals surface area (Å²) in [6.07, 6.45) is 0. The Bertz CT molecular complexity index is 640. The normalized spacial score (nSPS) is 10.7. The van der Waals surface area contributed by atoms with Crippen LogP contribution in [0.15, 0.2) is 28.8 Å². The number of hydrogen-bond donors (Lipinski definition) is 0. The number of rotatable bonds is 5. The fourth-order valence-electron chi connectivity index (χ4n) is 1.86. The van der Waals surface area contributed by atoms with Crippen LogP contribution in [-0.2, 0) is 4.74 Å². The molecule has 1 aromatic carbocycles. The van der Waals surface area contributed by atoms with Crippen LogP contribution >= 0.6 is 0 Å². The molecule has 21 heavy (non-hydrogen) atoms. The molecule has 0 aliphatic rings. The Kier molecular flexibility index (Phi) is 4.52. The van der Waals surface area contributed by atoms with E-state index in [0.29, 0.717) is 0 Å². The predicted octanol–water partition coefficient (Wildman–Crippen LogP) is 3.43. The first kappa shape index (κ1) is 15.0. The fraction of sp³-hybridized carbons (Fsp3) is 0.286. The summed E-state index contributed by atoms with van der Waals surface area (Å²) in [6, 6.07) is 6.03. The van der Waals surface area contributed by atoms with Crippen molar-refractivity contribution in [1.82, 2.24) is 5.16 Å². The number of esters is 1. The number of alkyl halides is 2. The molecular formula is C14H13F2NO4. The molecule has 0 N–H and O–H groups in total. The van der Waals surface area contributed by atoms with Crippen molar-refractivity contribution in [3.8, 4) is 17.0 Å². The molecule has 1 aromatic heterocycles. The van der Waals surface area contributed by atoms with E-state index in [1.54, 1.807) is 19.9 Å². The zero-order valence-electron chi connectivity index (χ0n) is 11.4. The van der Waals surface area contributed by atoms with Crippen molar-refractivity contribution < 1.29 is 27.6 Å². The summed E-state index contributed by atoms with van der Waals surface area (Å²) in [5.41, 5.74) is 0.446. The second kappa shape index (κ2) is 6.34. The SMILES string of the molecule is CCOC(=O)c1c(-c2ccccc2OC(F)F)noc1C. The molecule has 0 fully saturated rings. The summed E-state index contributed by atoms with van der Waals surface area (Å²) < 4.78 is 39.2. The van der Waals surface area contributed by atoms with Gasteiger partial charge in [0.1, 0.15) is 22.8 Å². The quantitative estimate of drug-likeness (QED) is 0.791. The number of halogens is 2. The molecule has 5 nitrogen and oxygen atoms in total. The molecule has 2 rings (SSSR count). The maximum absolute atomic E-state index is 12.4.